The monoisotopic (exact) mass is 307 g/mol. The van der Waals surface area contributed by atoms with Crippen molar-refractivity contribution >= 4 is 16.8 Å². The van der Waals surface area contributed by atoms with Gasteiger partial charge in [0.1, 0.15) is 22.5 Å². The summed E-state index contributed by atoms with van der Waals surface area (Å²) in [5.74, 6) is 0.142. The van der Waals surface area contributed by atoms with Crippen LogP contribution in [-0.4, -0.2) is 25.9 Å². The summed E-state index contributed by atoms with van der Waals surface area (Å²) in [5, 5.41) is 18.8. The van der Waals surface area contributed by atoms with Crippen LogP contribution in [0.15, 0.2) is 54.6 Å². The van der Waals surface area contributed by atoms with Crippen LogP contribution in [0.5, 0.6) is 5.75 Å². The van der Waals surface area contributed by atoms with Crippen LogP contribution in [-0.2, 0) is 11.2 Å². The Labute approximate surface area is 133 Å². The molecule has 0 aliphatic heterocycles. The molecule has 0 amide bonds. The highest BCUT2D eigenvalue weighted by atomic mass is 16.3. The largest absolute Gasteiger partial charge is 0.506 e. The highest BCUT2D eigenvalue weighted by Crippen LogP contribution is 2.23. The first-order valence-corrected chi connectivity index (χ1v) is 7.37. The molecule has 3 aromatic rings. The molecule has 116 valence electrons. The van der Waals surface area contributed by atoms with E-state index >= 15 is 0 Å². The van der Waals surface area contributed by atoms with E-state index in [1.165, 1.54) is 4.80 Å². The lowest BCUT2D eigenvalue weighted by Crippen LogP contribution is -2.03. The topological polar surface area (TPSA) is 68.0 Å². The number of ketones is 1. The highest BCUT2D eigenvalue weighted by Gasteiger charge is 2.10. The van der Waals surface area contributed by atoms with Crippen molar-refractivity contribution in [3.8, 4) is 11.4 Å². The number of Topliss-reactive ketones (excluding diaryl/α,β-unsaturated/α-hetero) is 1. The number of benzene rings is 2. The van der Waals surface area contributed by atoms with E-state index in [1.807, 2.05) is 24.3 Å². The molecule has 0 saturated carbocycles. The van der Waals surface area contributed by atoms with Crippen LogP contribution in [0.3, 0.4) is 0 Å². The van der Waals surface area contributed by atoms with E-state index in [4.69, 9.17) is 0 Å². The Kier molecular flexibility index (Phi) is 3.93. The molecule has 2 aromatic carbocycles. The smallest absolute Gasteiger partial charge is 0.158 e. The third-order valence-corrected chi connectivity index (χ3v) is 3.66. The van der Waals surface area contributed by atoms with Gasteiger partial charge in [0.05, 0.1) is 0 Å². The minimum atomic E-state index is 0.0441. The first kappa shape index (κ1) is 15.0. The molecule has 0 atom stereocenters. The Hall–Kier alpha value is -2.95. The minimum Gasteiger partial charge on any atom is -0.506 e. The van der Waals surface area contributed by atoms with Crippen molar-refractivity contribution in [2.45, 2.75) is 19.8 Å². The lowest BCUT2D eigenvalue weighted by Gasteiger charge is -2.06. The number of carbonyl (C=O) groups is 1. The Morgan fingerprint density at radius 1 is 1.17 bits per heavy atom. The maximum absolute atomic E-state index is 11.7. The zero-order valence-electron chi connectivity index (χ0n) is 12.9. The molecular weight excluding hydrogens is 290 g/mol. The van der Waals surface area contributed by atoms with E-state index in [0.29, 0.717) is 24.1 Å². The molecule has 0 bridgehead atoms. The van der Waals surface area contributed by atoms with Crippen LogP contribution < -0.4 is 0 Å². The number of phenols is 1. The molecular formula is C18H17N3O2. The molecule has 0 unspecified atom stereocenters. The van der Waals surface area contributed by atoms with Crippen LogP contribution in [0, 0.1) is 0 Å². The molecule has 0 spiro atoms. The van der Waals surface area contributed by atoms with Crippen molar-refractivity contribution in [2.75, 3.05) is 0 Å². The second-order valence-corrected chi connectivity index (χ2v) is 5.50. The van der Waals surface area contributed by atoms with Crippen molar-refractivity contribution in [3.63, 3.8) is 0 Å². The zero-order valence-corrected chi connectivity index (χ0v) is 12.9. The summed E-state index contributed by atoms with van der Waals surface area (Å²) in [6.45, 7) is 5.37. The van der Waals surface area contributed by atoms with Gasteiger partial charge in [-0.3, -0.25) is 4.79 Å². The second-order valence-electron chi connectivity index (χ2n) is 5.50. The van der Waals surface area contributed by atoms with Crippen molar-refractivity contribution in [2.24, 2.45) is 0 Å². The van der Waals surface area contributed by atoms with Gasteiger partial charge in [0, 0.05) is 6.42 Å². The quantitative estimate of drug-likeness (QED) is 0.735. The lowest BCUT2D eigenvalue weighted by molar-refractivity contribution is -0.115. The van der Waals surface area contributed by atoms with Gasteiger partial charge in [0.25, 0.3) is 0 Å². The fourth-order valence-electron chi connectivity index (χ4n) is 2.32. The Balaban J connectivity index is 1.91. The van der Waals surface area contributed by atoms with Gasteiger partial charge in [0.15, 0.2) is 5.78 Å². The number of allylic oxidation sites excluding steroid dienone is 1. The summed E-state index contributed by atoms with van der Waals surface area (Å²) in [4.78, 5) is 13.1. The molecule has 0 fully saturated rings. The van der Waals surface area contributed by atoms with Crippen molar-refractivity contribution < 1.29 is 9.90 Å². The fourth-order valence-corrected chi connectivity index (χ4v) is 2.32. The zero-order chi connectivity index (χ0) is 16.4. The van der Waals surface area contributed by atoms with Gasteiger partial charge in [0.2, 0.25) is 0 Å². The molecule has 0 saturated heterocycles. The summed E-state index contributed by atoms with van der Waals surface area (Å²) >= 11 is 0. The number of nitrogens with zero attached hydrogens (tertiary/aromatic N) is 3. The maximum Gasteiger partial charge on any atom is 0.158 e. The van der Waals surface area contributed by atoms with Gasteiger partial charge in [-0.2, -0.15) is 0 Å². The second kappa shape index (κ2) is 6.04. The molecule has 0 aliphatic rings. The first-order chi connectivity index (χ1) is 11.0. The summed E-state index contributed by atoms with van der Waals surface area (Å²) in [6.07, 6.45) is 0.980. The molecule has 0 radical (unpaired) electrons. The SMILES string of the molecule is C=C(C)C(=O)CCc1ccc(O)c(-n2nc3ccccc3n2)c1. The van der Waals surface area contributed by atoms with E-state index in [9.17, 15) is 9.90 Å². The minimum absolute atomic E-state index is 0.0441. The number of hydrogen-bond acceptors (Lipinski definition) is 4. The summed E-state index contributed by atoms with van der Waals surface area (Å²) in [5.41, 5.74) is 3.52. The van der Waals surface area contributed by atoms with E-state index in [-0.39, 0.29) is 11.5 Å². The standard InChI is InChI=1S/C18H17N3O2/c1-12(2)17(22)9-7-13-8-10-18(23)16(11-13)21-19-14-5-3-4-6-15(14)20-21/h3-6,8,10-11,23H,1,7,9H2,2H3. The predicted molar refractivity (Wildman–Crippen MR) is 88.7 cm³/mol. The molecule has 1 aromatic heterocycles. The van der Waals surface area contributed by atoms with Crippen LogP contribution in [0.4, 0.5) is 0 Å². The number of hydrogen-bond donors (Lipinski definition) is 1. The molecule has 5 heteroatoms. The third-order valence-electron chi connectivity index (χ3n) is 3.66. The highest BCUT2D eigenvalue weighted by molar-refractivity contribution is 5.94. The van der Waals surface area contributed by atoms with Gasteiger partial charge < -0.3 is 5.11 Å². The summed E-state index contributed by atoms with van der Waals surface area (Å²) < 4.78 is 0. The number of aryl methyl sites for hydroxylation is 1. The number of aromatic hydroxyl groups is 1. The first-order valence-electron chi connectivity index (χ1n) is 7.37. The van der Waals surface area contributed by atoms with Crippen LogP contribution >= 0.6 is 0 Å². The number of fused-ring (bicyclic) bond motifs is 1. The predicted octanol–water partition coefficient (Wildman–Crippen LogP) is 3.20. The van der Waals surface area contributed by atoms with Crippen molar-refractivity contribution in [3.05, 3.63) is 60.2 Å². The molecule has 0 aliphatic carbocycles. The van der Waals surface area contributed by atoms with Crippen LogP contribution in [0.2, 0.25) is 0 Å². The summed E-state index contributed by atoms with van der Waals surface area (Å²) in [6, 6.07) is 12.7. The summed E-state index contributed by atoms with van der Waals surface area (Å²) in [7, 11) is 0. The van der Waals surface area contributed by atoms with Gasteiger partial charge in [-0.1, -0.05) is 24.8 Å². The molecule has 3 rings (SSSR count). The number of phenolic OH excluding ortho intramolecular Hbond substituents is 1. The van der Waals surface area contributed by atoms with Gasteiger partial charge in [-0.25, -0.2) is 0 Å². The Bertz CT molecular complexity index is 863. The molecule has 23 heavy (non-hydrogen) atoms. The fraction of sp³-hybridized carbons (Fsp3) is 0.167. The normalized spacial score (nSPS) is 10.8. The average Bonchev–Trinajstić information content (AvgIpc) is 2.97. The molecule has 1 N–H and O–H groups in total. The van der Waals surface area contributed by atoms with Crippen molar-refractivity contribution in [1.82, 2.24) is 15.0 Å². The van der Waals surface area contributed by atoms with E-state index in [2.05, 4.69) is 16.8 Å². The Morgan fingerprint density at radius 2 is 1.83 bits per heavy atom. The van der Waals surface area contributed by atoms with Gasteiger partial charge in [-0.05, 0) is 48.7 Å². The van der Waals surface area contributed by atoms with Gasteiger partial charge in [-0.15, -0.1) is 15.0 Å². The van der Waals surface area contributed by atoms with Crippen molar-refractivity contribution in [1.29, 1.82) is 0 Å². The third kappa shape index (κ3) is 3.13. The number of carbonyl (C=O) groups excluding carboxylic acids is 1. The van der Waals surface area contributed by atoms with Crippen LogP contribution in [0.25, 0.3) is 16.7 Å². The number of rotatable bonds is 5. The van der Waals surface area contributed by atoms with E-state index in [0.717, 1.165) is 16.6 Å². The van der Waals surface area contributed by atoms with Crippen LogP contribution in [0.1, 0.15) is 18.9 Å². The van der Waals surface area contributed by atoms with Gasteiger partial charge >= 0.3 is 0 Å². The maximum atomic E-state index is 11.7. The van der Waals surface area contributed by atoms with E-state index in [1.54, 1.807) is 25.1 Å². The lowest BCUT2D eigenvalue weighted by atomic mass is 10.0. The average molecular weight is 307 g/mol. The molecule has 1 heterocycles. The molecule has 5 nitrogen and oxygen atoms in total. The van der Waals surface area contributed by atoms with E-state index < -0.39 is 0 Å². The Morgan fingerprint density at radius 3 is 2.43 bits per heavy atom. The number of aromatic nitrogens is 3.